The molecule has 0 saturated carbocycles. The van der Waals surface area contributed by atoms with Crippen molar-refractivity contribution in [3.05, 3.63) is 29.8 Å². The molecular weight excluding hydrogens is 224 g/mol. The third kappa shape index (κ3) is 3.27. The van der Waals surface area contributed by atoms with Gasteiger partial charge < -0.3 is 10.6 Å². The molecule has 0 aliphatic carbocycles. The third-order valence-corrected chi connectivity index (χ3v) is 3.06. The first kappa shape index (κ1) is 12.6. The van der Waals surface area contributed by atoms with Crippen molar-refractivity contribution in [2.24, 2.45) is 5.73 Å². The van der Waals surface area contributed by atoms with E-state index in [1.165, 1.54) is 16.7 Å². The van der Waals surface area contributed by atoms with Crippen LogP contribution < -0.4 is 5.73 Å². The lowest BCUT2D eigenvalue weighted by atomic mass is 10.2. The lowest BCUT2D eigenvalue weighted by Gasteiger charge is -2.10. The highest BCUT2D eigenvalue weighted by molar-refractivity contribution is 8.00. The molecule has 0 aliphatic heterocycles. The van der Waals surface area contributed by atoms with Crippen molar-refractivity contribution in [2.45, 2.75) is 4.90 Å². The van der Waals surface area contributed by atoms with Crippen LogP contribution in [0.1, 0.15) is 10.4 Å². The molecule has 2 N–H and O–H groups in total. The Bertz CT molecular complexity index is 405. The van der Waals surface area contributed by atoms with Gasteiger partial charge in [0.05, 0.1) is 11.3 Å². The molecule has 0 unspecified atom stereocenters. The number of nitrogens with zero attached hydrogens (tertiary/aromatic N) is 1. The average molecular weight is 238 g/mol. The van der Waals surface area contributed by atoms with Gasteiger partial charge in [-0.15, -0.1) is 11.8 Å². The molecule has 0 bridgehead atoms. The minimum atomic E-state index is -0.472. The highest BCUT2D eigenvalue weighted by Gasteiger charge is 2.10. The average Bonchev–Trinajstić information content (AvgIpc) is 2.25. The van der Waals surface area contributed by atoms with Gasteiger partial charge in [-0.1, -0.05) is 12.1 Å². The van der Waals surface area contributed by atoms with Crippen LogP contribution in [0.15, 0.2) is 29.2 Å². The van der Waals surface area contributed by atoms with Gasteiger partial charge in [0.1, 0.15) is 0 Å². The molecule has 0 fully saturated rings. The minimum absolute atomic E-state index is 0.00396. The number of primary amides is 1. The smallest absolute Gasteiger partial charge is 0.249 e. The second-order valence-electron chi connectivity index (χ2n) is 3.44. The van der Waals surface area contributed by atoms with Crippen molar-refractivity contribution in [1.29, 1.82) is 0 Å². The van der Waals surface area contributed by atoms with Gasteiger partial charge in [-0.05, 0) is 12.1 Å². The first-order valence-corrected chi connectivity index (χ1v) is 5.72. The largest absolute Gasteiger partial charge is 0.366 e. The summed E-state index contributed by atoms with van der Waals surface area (Å²) >= 11 is 1.32. The van der Waals surface area contributed by atoms with Gasteiger partial charge in [0.2, 0.25) is 11.8 Å². The van der Waals surface area contributed by atoms with Crippen molar-refractivity contribution in [3.8, 4) is 0 Å². The highest BCUT2D eigenvalue weighted by Crippen LogP contribution is 2.22. The van der Waals surface area contributed by atoms with E-state index in [-0.39, 0.29) is 5.91 Å². The molecule has 5 heteroatoms. The Morgan fingerprint density at radius 2 is 1.94 bits per heavy atom. The van der Waals surface area contributed by atoms with Crippen molar-refractivity contribution >= 4 is 23.6 Å². The number of hydrogen-bond acceptors (Lipinski definition) is 3. The SMILES string of the molecule is CN(C)C(=O)CSc1ccccc1C(N)=O. The zero-order chi connectivity index (χ0) is 12.1. The fourth-order valence-electron chi connectivity index (χ4n) is 1.06. The number of nitrogens with two attached hydrogens (primary N) is 1. The van der Waals surface area contributed by atoms with E-state index < -0.39 is 5.91 Å². The fourth-order valence-corrected chi connectivity index (χ4v) is 2.10. The molecule has 1 aromatic carbocycles. The quantitative estimate of drug-likeness (QED) is 0.795. The number of hydrogen-bond donors (Lipinski definition) is 1. The Kier molecular flexibility index (Phi) is 4.37. The summed E-state index contributed by atoms with van der Waals surface area (Å²) in [7, 11) is 3.39. The van der Waals surface area contributed by atoms with E-state index >= 15 is 0 Å². The van der Waals surface area contributed by atoms with Gasteiger partial charge in [0.25, 0.3) is 0 Å². The first-order valence-electron chi connectivity index (χ1n) is 4.74. The van der Waals surface area contributed by atoms with Crippen LogP contribution in [0.4, 0.5) is 0 Å². The monoisotopic (exact) mass is 238 g/mol. The van der Waals surface area contributed by atoms with Crippen LogP contribution in [0.3, 0.4) is 0 Å². The van der Waals surface area contributed by atoms with Crippen molar-refractivity contribution in [3.63, 3.8) is 0 Å². The molecule has 1 rings (SSSR count). The second kappa shape index (κ2) is 5.55. The van der Waals surface area contributed by atoms with Crippen LogP contribution in [0, 0.1) is 0 Å². The normalized spacial score (nSPS) is 9.88. The highest BCUT2D eigenvalue weighted by atomic mass is 32.2. The molecule has 0 heterocycles. The summed E-state index contributed by atoms with van der Waals surface area (Å²) < 4.78 is 0. The number of amides is 2. The van der Waals surface area contributed by atoms with E-state index in [4.69, 9.17) is 5.73 Å². The third-order valence-electron chi connectivity index (χ3n) is 2.00. The van der Waals surface area contributed by atoms with Crippen LogP contribution in [0.25, 0.3) is 0 Å². The Hall–Kier alpha value is -1.49. The Labute approximate surface area is 98.8 Å². The Morgan fingerprint density at radius 3 is 2.50 bits per heavy atom. The molecule has 0 aliphatic rings. The van der Waals surface area contributed by atoms with Gasteiger partial charge in [-0.25, -0.2) is 0 Å². The molecular formula is C11H14N2O2S. The number of benzene rings is 1. The maximum atomic E-state index is 11.4. The van der Waals surface area contributed by atoms with Crippen LogP contribution in [0.5, 0.6) is 0 Å². The molecule has 0 saturated heterocycles. The van der Waals surface area contributed by atoms with Gasteiger partial charge in [-0.2, -0.15) is 0 Å². The van der Waals surface area contributed by atoms with E-state index in [1.54, 1.807) is 32.3 Å². The topological polar surface area (TPSA) is 63.4 Å². The predicted molar refractivity (Wildman–Crippen MR) is 64.4 cm³/mol. The van der Waals surface area contributed by atoms with Crippen LogP contribution in [0.2, 0.25) is 0 Å². The molecule has 86 valence electrons. The zero-order valence-corrected chi connectivity index (χ0v) is 10.1. The summed E-state index contributed by atoms with van der Waals surface area (Å²) in [5.41, 5.74) is 5.69. The standard InChI is InChI=1S/C11H14N2O2S/c1-13(2)10(14)7-16-9-6-4-3-5-8(9)11(12)15/h3-6H,7H2,1-2H3,(H2,12,15). The molecule has 4 nitrogen and oxygen atoms in total. The molecule has 0 radical (unpaired) electrons. The lowest BCUT2D eigenvalue weighted by molar-refractivity contribution is -0.125. The van der Waals surface area contributed by atoms with Crippen LogP contribution >= 0.6 is 11.8 Å². The molecule has 16 heavy (non-hydrogen) atoms. The van der Waals surface area contributed by atoms with Crippen molar-refractivity contribution < 1.29 is 9.59 Å². The van der Waals surface area contributed by atoms with E-state index in [0.29, 0.717) is 11.3 Å². The van der Waals surface area contributed by atoms with E-state index in [0.717, 1.165) is 4.90 Å². The van der Waals surface area contributed by atoms with Crippen molar-refractivity contribution in [2.75, 3.05) is 19.8 Å². The summed E-state index contributed by atoms with van der Waals surface area (Å²) in [5.74, 6) is -0.165. The number of rotatable bonds is 4. The summed E-state index contributed by atoms with van der Waals surface area (Å²) in [6.45, 7) is 0. The maximum Gasteiger partial charge on any atom is 0.249 e. The van der Waals surface area contributed by atoms with Crippen molar-refractivity contribution in [1.82, 2.24) is 4.90 Å². The molecule has 0 spiro atoms. The van der Waals surface area contributed by atoms with E-state index in [9.17, 15) is 9.59 Å². The minimum Gasteiger partial charge on any atom is -0.366 e. The van der Waals surface area contributed by atoms with Crippen LogP contribution in [-0.2, 0) is 4.79 Å². The van der Waals surface area contributed by atoms with Gasteiger partial charge >= 0.3 is 0 Å². The maximum absolute atomic E-state index is 11.4. The summed E-state index contributed by atoms with van der Waals surface area (Å²) in [6, 6.07) is 7.01. The molecule has 1 aromatic rings. The number of carbonyl (C=O) groups is 2. The first-order chi connectivity index (χ1) is 7.52. The number of thioether (sulfide) groups is 1. The summed E-state index contributed by atoms with van der Waals surface area (Å²) in [5, 5.41) is 0. The summed E-state index contributed by atoms with van der Waals surface area (Å²) in [4.78, 5) is 24.8. The lowest BCUT2D eigenvalue weighted by Crippen LogP contribution is -2.23. The molecule has 2 amide bonds. The van der Waals surface area contributed by atoms with Gasteiger partial charge in [-0.3, -0.25) is 9.59 Å². The Morgan fingerprint density at radius 1 is 1.31 bits per heavy atom. The predicted octanol–water partition coefficient (Wildman–Crippen LogP) is 0.966. The zero-order valence-electron chi connectivity index (χ0n) is 9.27. The Balaban J connectivity index is 2.74. The van der Waals surface area contributed by atoms with E-state index in [1.807, 2.05) is 6.07 Å². The second-order valence-corrected chi connectivity index (χ2v) is 4.45. The van der Waals surface area contributed by atoms with Gasteiger partial charge in [0.15, 0.2) is 0 Å². The van der Waals surface area contributed by atoms with Crippen LogP contribution in [-0.4, -0.2) is 36.6 Å². The molecule has 0 atom stereocenters. The number of carbonyl (C=O) groups excluding carboxylic acids is 2. The summed E-state index contributed by atoms with van der Waals surface area (Å²) in [6.07, 6.45) is 0. The van der Waals surface area contributed by atoms with Gasteiger partial charge in [0, 0.05) is 19.0 Å². The fraction of sp³-hybridized carbons (Fsp3) is 0.273. The van der Waals surface area contributed by atoms with E-state index in [2.05, 4.69) is 0 Å². The molecule has 0 aromatic heterocycles.